The van der Waals surface area contributed by atoms with Crippen LogP contribution in [0.2, 0.25) is 5.15 Å². The molecule has 1 N–H and O–H groups in total. The summed E-state index contributed by atoms with van der Waals surface area (Å²) in [7, 11) is 0. The van der Waals surface area contributed by atoms with Crippen molar-refractivity contribution in [2.24, 2.45) is 0 Å². The Hall–Kier alpha value is -1.59. The molecule has 0 saturated carbocycles. The summed E-state index contributed by atoms with van der Waals surface area (Å²) in [5.41, 5.74) is 3.51. The Morgan fingerprint density at radius 2 is 2.35 bits per heavy atom. The van der Waals surface area contributed by atoms with Gasteiger partial charge in [0.05, 0.1) is 16.7 Å². The van der Waals surface area contributed by atoms with Crippen molar-refractivity contribution in [1.29, 1.82) is 0 Å². The maximum Gasteiger partial charge on any atom is 0.132 e. The Morgan fingerprint density at radius 1 is 1.41 bits per heavy atom. The van der Waals surface area contributed by atoms with Crippen LogP contribution in [-0.2, 0) is 6.61 Å². The molecule has 0 saturated heterocycles. The molecule has 86 valence electrons. The lowest BCUT2D eigenvalue weighted by Gasteiger charge is -2.03. The summed E-state index contributed by atoms with van der Waals surface area (Å²) in [6.45, 7) is 0.465. The third-order valence-electron chi connectivity index (χ3n) is 2.35. The number of aromatic nitrogens is 3. The van der Waals surface area contributed by atoms with Crippen molar-refractivity contribution in [2.75, 3.05) is 0 Å². The van der Waals surface area contributed by atoms with E-state index in [-0.39, 0.29) is 0 Å². The largest absolute Gasteiger partial charge is 0.487 e. The highest BCUT2D eigenvalue weighted by atomic mass is 35.5. The van der Waals surface area contributed by atoms with E-state index in [0.717, 1.165) is 22.3 Å². The summed E-state index contributed by atoms with van der Waals surface area (Å²) in [5, 5.41) is 10.2. The molecule has 3 aromatic rings. The zero-order valence-corrected chi connectivity index (χ0v) is 10.3. The number of hydrogen-bond donors (Lipinski definition) is 1. The number of benzene rings is 1. The minimum absolute atomic E-state index is 0.465. The van der Waals surface area contributed by atoms with Crippen molar-refractivity contribution in [1.82, 2.24) is 15.2 Å². The number of nitrogens with zero attached hydrogens (tertiary/aromatic N) is 2. The first-order valence-electron chi connectivity index (χ1n) is 4.96. The van der Waals surface area contributed by atoms with Gasteiger partial charge in [-0.1, -0.05) is 11.6 Å². The van der Waals surface area contributed by atoms with Gasteiger partial charge in [0.15, 0.2) is 0 Å². The van der Waals surface area contributed by atoms with Crippen molar-refractivity contribution in [3.8, 4) is 5.75 Å². The number of H-pyrrole nitrogens is 1. The molecule has 4 nitrogen and oxygen atoms in total. The van der Waals surface area contributed by atoms with E-state index in [2.05, 4.69) is 15.2 Å². The second kappa shape index (κ2) is 4.35. The molecule has 0 aliphatic heterocycles. The Morgan fingerprint density at radius 3 is 3.18 bits per heavy atom. The zero-order chi connectivity index (χ0) is 11.7. The number of rotatable bonds is 3. The van der Waals surface area contributed by atoms with Crippen LogP contribution in [-0.4, -0.2) is 15.2 Å². The van der Waals surface area contributed by atoms with E-state index >= 15 is 0 Å². The van der Waals surface area contributed by atoms with Gasteiger partial charge in [-0.3, -0.25) is 5.10 Å². The van der Waals surface area contributed by atoms with Crippen molar-refractivity contribution in [3.05, 3.63) is 39.9 Å². The first-order chi connectivity index (χ1) is 8.33. The molecular formula is C11H8ClN3OS. The van der Waals surface area contributed by atoms with Crippen molar-refractivity contribution >= 4 is 33.8 Å². The Balaban J connectivity index is 1.81. The normalized spacial score (nSPS) is 10.9. The number of thiazole rings is 1. The predicted molar refractivity (Wildman–Crippen MR) is 67.5 cm³/mol. The van der Waals surface area contributed by atoms with Crippen LogP contribution in [0.4, 0.5) is 0 Å². The van der Waals surface area contributed by atoms with Crippen LogP contribution in [0.3, 0.4) is 0 Å². The van der Waals surface area contributed by atoms with Crippen LogP contribution < -0.4 is 4.74 Å². The SMILES string of the molecule is Clc1[nH]nc2cc(OCc3cscn3)ccc12. The molecule has 0 bridgehead atoms. The van der Waals surface area contributed by atoms with Gasteiger partial charge in [-0.2, -0.15) is 5.10 Å². The van der Waals surface area contributed by atoms with E-state index in [1.807, 2.05) is 23.6 Å². The average molecular weight is 266 g/mol. The third kappa shape index (κ3) is 2.11. The number of hydrogen-bond acceptors (Lipinski definition) is 4. The highest BCUT2D eigenvalue weighted by Gasteiger charge is 2.04. The Kier molecular flexibility index (Phi) is 2.70. The summed E-state index contributed by atoms with van der Waals surface area (Å²) in [4.78, 5) is 4.15. The van der Waals surface area contributed by atoms with Crippen molar-refractivity contribution < 1.29 is 4.74 Å². The highest BCUT2D eigenvalue weighted by Crippen LogP contribution is 2.24. The van der Waals surface area contributed by atoms with E-state index in [0.29, 0.717) is 11.8 Å². The number of ether oxygens (including phenoxy) is 1. The molecule has 0 aliphatic rings. The fourth-order valence-electron chi connectivity index (χ4n) is 1.51. The minimum Gasteiger partial charge on any atom is -0.487 e. The molecule has 0 radical (unpaired) electrons. The van der Waals surface area contributed by atoms with Crippen molar-refractivity contribution in [2.45, 2.75) is 6.61 Å². The first-order valence-corrected chi connectivity index (χ1v) is 6.28. The molecule has 0 fully saturated rings. The first kappa shape index (κ1) is 10.6. The number of nitrogens with one attached hydrogen (secondary N) is 1. The van der Waals surface area contributed by atoms with Gasteiger partial charge in [0.25, 0.3) is 0 Å². The van der Waals surface area contributed by atoms with Crippen LogP contribution in [0.15, 0.2) is 29.1 Å². The van der Waals surface area contributed by atoms with Gasteiger partial charge in [0, 0.05) is 16.8 Å². The van der Waals surface area contributed by atoms with Gasteiger partial charge in [0.2, 0.25) is 0 Å². The van der Waals surface area contributed by atoms with Crippen LogP contribution in [0, 0.1) is 0 Å². The monoisotopic (exact) mass is 265 g/mol. The van der Waals surface area contributed by atoms with Gasteiger partial charge >= 0.3 is 0 Å². The van der Waals surface area contributed by atoms with Crippen LogP contribution in [0.5, 0.6) is 5.75 Å². The molecule has 2 aromatic heterocycles. The van der Waals surface area contributed by atoms with Gasteiger partial charge in [-0.15, -0.1) is 11.3 Å². The number of halogens is 1. The predicted octanol–water partition coefficient (Wildman–Crippen LogP) is 3.25. The molecular weight excluding hydrogens is 258 g/mol. The van der Waals surface area contributed by atoms with E-state index in [4.69, 9.17) is 16.3 Å². The quantitative estimate of drug-likeness (QED) is 0.791. The Labute approximate surface area is 106 Å². The molecule has 3 rings (SSSR count). The topological polar surface area (TPSA) is 50.8 Å². The maximum atomic E-state index is 5.92. The van der Waals surface area contributed by atoms with Gasteiger partial charge in [0.1, 0.15) is 17.5 Å². The molecule has 0 amide bonds. The van der Waals surface area contributed by atoms with Gasteiger partial charge < -0.3 is 4.74 Å². The summed E-state index contributed by atoms with van der Waals surface area (Å²) in [5.74, 6) is 0.758. The Bertz CT molecular complexity index is 635. The van der Waals surface area contributed by atoms with E-state index in [1.165, 1.54) is 0 Å². The molecule has 17 heavy (non-hydrogen) atoms. The fourth-order valence-corrected chi connectivity index (χ4v) is 2.26. The second-order valence-corrected chi connectivity index (χ2v) is 4.58. The van der Waals surface area contributed by atoms with Crippen LogP contribution in [0.25, 0.3) is 10.9 Å². The van der Waals surface area contributed by atoms with E-state index in [9.17, 15) is 0 Å². The summed E-state index contributed by atoms with van der Waals surface area (Å²) in [6.07, 6.45) is 0. The smallest absolute Gasteiger partial charge is 0.132 e. The van der Waals surface area contributed by atoms with Crippen LogP contribution in [0.1, 0.15) is 5.69 Å². The average Bonchev–Trinajstić information content (AvgIpc) is 2.97. The maximum absolute atomic E-state index is 5.92. The minimum atomic E-state index is 0.465. The van der Waals surface area contributed by atoms with E-state index < -0.39 is 0 Å². The molecule has 2 heterocycles. The van der Waals surface area contributed by atoms with Gasteiger partial charge in [-0.25, -0.2) is 4.98 Å². The van der Waals surface area contributed by atoms with E-state index in [1.54, 1.807) is 16.8 Å². The van der Waals surface area contributed by atoms with Gasteiger partial charge in [-0.05, 0) is 12.1 Å². The van der Waals surface area contributed by atoms with Crippen LogP contribution >= 0.6 is 22.9 Å². The number of aromatic amines is 1. The lowest BCUT2D eigenvalue weighted by atomic mass is 10.2. The summed E-state index contributed by atoms with van der Waals surface area (Å²) < 4.78 is 5.61. The van der Waals surface area contributed by atoms with Crippen molar-refractivity contribution in [3.63, 3.8) is 0 Å². The molecule has 1 aromatic carbocycles. The number of fused-ring (bicyclic) bond motifs is 1. The summed E-state index contributed by atoms with van der Waals surface area (Å²) in [6, 6.07) is 5.61. The molecule has 0 spiro atoms. The lowest BCUT2D eigenvalue weighted by molar-refractivity contribution is 0.302. The summed E-state index contributed by atoms with van der Waals surface area (Å²) >= 11 is 7.47. The standard InChI is InChI=1S/C11H8ClN3OS/c12-11-9-2-1-8(3-10(9)14-15-11)16-4-7-5-17-6-13-7/h1-3,5-6H,4H2,(H,14,15). The zero-order valence-electron chi connectivity index (χ0n) is 8.68. The lowest BCUT2D eigenvalue weighted by Crippen LogP contribution is -1.94. The molecule has 0 aliphatic carbocycles. The second-order valence-electron chi connectivity index (χ2n) is 3.48. The fraction of sp³-hybridized carbons (Fsp3) is 0.0909. The molecule has 0 atom stereocenters. The highest BCUT2D eigenvalue weighted by molar-refractivity contribution is 7.07. The molecule has 0 unspecified atom stereocenters. The molecule has 6 heteroatoms. The third-order valence-corrected chi connectivity index (χ3v) is 3.27.